The first-order valence-corrected chi connectivity index (χ1v) is 14.6. The predicted molar refractivity (Wildman–Crippen MR) is 172 cm³/mol. The first-order valence-electron chi connectivity index (χ1n) is 13.7. The van der Waals surface area contributed by atoms with E-state index in [-0.39, 0.29) is 0 Å². The van der Waals surface area contributed by atoms with Crippen molar-refractivity contribution in [2.45, 2.75) is 26.3 Å². The van der Waals surface area contributed by atoms with E-state index in [1.807, 2.05) is 78.2 Å². The van der Waals surface area contributed by atoms with Gasteiger partial charge in [-0.25, -0.2) is 4.98 Å². The summed E-state index contributed by atoms with van der Waals surface area (Å²) in [5.74, 6) is 0. The molecule has 8 nitrogen and oxygen atoms in total. The number of hydrogen-bond donors (Lipinski definition) is 1. The molecule has 0 fully saturated rings. The molecular formula is C33H28N8S. The first kappa shape index (κ1) is 27.0. The monoisotopic (exact) mass is 568 g/mol. The number of nitrogens with zero attached hydrogens (tertiary/aromatic N) is 7. The van der Waals surface area contributed by atoms with Crippen LogP contribution in [0.3, 0.4) is 0 Å². The van der Waals surface area contributed by atoms with E-state index in [0.717, 1.165) is 56.4 Å². The molecule has 0 aliphatic carbocycles. The fourth-order valence-electron chi connectivity index (χ4n) is 4.48. The topological polar surface area (TPSA) is 99.1 Å². The Balaban J connectivity index is 1.25. The lowest BCUT2D eigenvalue weighted by Crippen LogP contribution is -2.13. The van der Waals surface area contributed by atoms with Crippen molar-refractivity contribution in [1.82, 2.24) is 4.98 Å². The summed E-state index contributed by atoms with van der Waals surface area (Å²) >= 11 is 1.44. The van der Waals surface area contributed by atoms with Crippen LogP contribution in [0.1, 0.15) is 20.3 Å². The maximum atomic E-state index is 4.68. The van der Waals surface area contributed by atoms with Crippen molar-refractivity contribution in [2.24, 2.45) is 30.7 Å². The van der Waals surface area contributed by atoms with Crippen molar-refractivity contribution in [1.29, 1.82) is 0 Å². The average molecular weight is 569 g/mol. The molecule has 6 rings (SSSR count). The fraction of sp³-hybridized carbons (Fsp3) is 0.121. The zero-order valence-corrected chi connectivity index (χ0v) is 24.0. The second kappa shape index (κ2) is 12.6. The van der Waals surface area contributed by atoms with E-state index < -0.39 is 0 Å². The lowest BCUT2D eigenvalue weighted by Gasteiger charge is -2.15. The van der Waals surface area contributed by atoms with Gasteiger partial charge in [0.15, 0.2) is 0 Å². The quantitative estimate of drug-likeness (QED) is 0.175. The Morgan fingerprint density at radius 1 is 0.619 bits per heavy atom. The van der Waals surface area contributed by atoms with E-state index in [9.17, 15) is 0 Å². The van der Waals surface area contributed by atoms with E-state index in [1.54, 1.807) is 6.20 Å². The van der Waals surface area contributed by atoms with Crippen LogP contribution in [-0.4, -0.2) is 11.0 Å². The SMILES string of the molecule is CCC(C)Nc1ccc(/N=N/c2ccc(/N=N/c3ccc(/N=N/c4nccs4)cc3)c3ccccc23)c2ccccc12. The standard InChI is InChI=1S/C33H28N8S/c1-3-22(2)35-29-16-17-31(26-9-5-4-8-25(26)29)39-40-32-19-18-30(27-10-6-7-11-28(27)32)38-36-23-12-14-24(15-13-23)37-41-33-34-20-21-42-33/h4-22,35H,3H2,1-2H3/b38-36+,40-39+,41-37+. The zero-order valence-electron chi connectivity index (χ0n) is 23.2. The van der Waals surface area contributed by atoms with Crippen LogP contribution in [0.25, 0.3) is 21.5 Å². The molecule has 0 aliphatic heterocycles. The van der Waals surface area contributed by atoms with Gasteiger partial charge in [0.25, 0.3) is 0 Å². The molecule has 6 aromatic rings. The minimum atomic E-state index is 0.382. The number of benzene rings is 5. The van der Waals surface area contributed by atoms with Crippen molar-refractivity contribution in [3.63, 3.8) is 0 Å². The van der Waals surface area contributed by atoms with Crippen LogP contribution in [0.5, 0.6) is 0 Å². The zero-order chi connectivity index (χ0) is 28.7. The summed E-state index contributed by atoms with van der Waals surface area (Å²) in [4.78, 5) is 4.11. The van der Waals surface area contributed by atoms with E-state index in [2.05, 4.69) is 79.1 Å². The number of aromatic nitrogens is 1. The van der Waals surface area contributed by atoms with Crippen LogP contribution < -0.4 is 5.32 Å². The molecule has 1 N–H and O–H groups in total. The number of fused-ring (bicyclic) bond motifs is 2. The lowest BCUT2D eigenvalue weighted by atomic mass is 10.1. The van der Waals surface area contributed by atoms with Crippen molar-refractivity contribution >= 4 is 72.1 Å². The Hall–Kier alpha value is -5.15. The van der Waals surface area contributed by atoms with Crippen molar-refractivity contribution in [3.8, 4) is 0 Å². The molecule has 1 heterocycles. The van der Waals surface area contributed by atoms with Crippen molar-refractivity contribution in [2.75, 3.05) is 5.32 Å². The molecule has 0 bridgehead atoms. The van der Waals surface area contributed by atoms with Crippen LogP contribution in [0.15, 0.2) is 139 Å². The number of azo groups is 3. The molecule has 9 heteroatoms. The van der Waals surface area contributed by atoms with Gasteiger partial charge in [-0.15, -0.1) is 36.9 Å². The summed E-state index contributed by atoms with van der Waals surface area (Å²) in [5.41, 5.74) is 4.89. The molecule has 206 valence electrons. The van der Waals surface area contributed by atoms with E-state index in [4.69, 9.17) is 0 Å². The van der Waals surface area contributed by atoms with Gasteiger partial charge in [0.05, 0.1) is 28.4 Å². The fourth-order valence-corrected chi connectivity index (χ4v) is 4.93. The molecule has 5 aromatic carbocycles. The summed E-state index contributed by atoms with van der Waals surface area (Å²) < 4.78 is 0. The van der Waals surface area contributed by atoms with Gasteiger partial charge >= 0.3 is 0 Å². The normalized spacial score (nSPS) is 12.7. The Labute approximate surface area is 247 Å². The molecule has 1 aromatic heterocycles. The highest BCUT2D eigenvalue weighted by Gasteiger charge is 2.09. The number of hydrogen-bond acceptors (Lipinski definition) is 9. The molecule has 1 unspecified atom stereocenters. The first-order chi connectivity index (χ1) is 20.7. The van der Waals surface area contributed by atoms with Crippen LogP contribution in [0, 0.1) is 0 Å². The lowest BCUT2D eigenvalue weighted by molar-refractivity contribution is 0.765. The third-order valence-electron chi connectivity index (χ3n) is 6.85. The third-order valence-corrected chi connectivity index (χ3v) is 7.51. The average Bonchev–Trinajstić information content (AvgIpc) is 3.57. The summed E-state index contributed by atoms with van der Waals surface area (Å²) in [7, 11) is 0. The van der Waals surface area contributed by atoms with Crippen LogP contribution in [0.4, 0.5) is 39.3 Å². The molecule has 0 radical (unpaired) electrons. The Bertz CT molecular complexity index is 1910. The minimum Gasteiger partial charge on any atom is -0.382 e. The van der Waals surface area contributed by atoms with E-state index >= 15 is 0 Å². The van der Waals surface area contributed by atoms with Gasteiger partial charge in [0.2, 0.25) is 5.13 Å². The summed E-state index contributed by atoms with van der Waals surface area (Å²) in [5, 5.41) is 36.9. The molecule has 0 saturated heterocycles. The highest BCUT2D eigenvalue weighted by molar-refractivity contribution is 7.13. The number of anilines is 1. The van der Waals surface area contributed by atoms with Gasteiger partial charge in [-0.05, 0) is 61.9 Å². The smallest absolute Gasteiger partial charge is 0.229 e. The van der Waals surface area contributed by atoms with E-state index in [1.165, 1.54) is 11.3 Å². The molecule has 0 aliphatic rings. The van der Waals surface area contributed by atoms with Crippen molar-refractivity contribution in [3.05, 3.63) is 109 Å². The molecule has 0 spiro atoms. The van der Waals surface area contributed by atoms with Crippen molar-refractivity contribution < 1.29 is 0 Å². The highest BCUT2D eigenvalue weighted by atomic mass is 32.1. The molecule has 42 heavy (non-hydrogen) atoms. The van der Waals surface area contributed by atoms with Gasteiger partial charge < -0.3 is 5.32 Å². The third kappa shape index (κ3) is 6.11. The number of rotatable bonds is 9. The van der Waals surface area contributed by atoms with Gasteiger partial charge in [0.1, 0.15) is 0 Å². The van der Waals surface area contributed by atoms with Crippen LogP contribution in [0.2, 0.25) is 0 Å². The summed E-state index contributed by atoms with van der Waals surface area (Å²) in [6.45, 7) is 4.36. The minimum absolute atomic E-state index is 0.382. The van der Waals surface area contributed by atoms with Crippen LogP contribution in [-0.2, 0) is 0 Å². The Morgan fingerprint density at radius 2 is 1.12 bits per heavy atom. The number of thiazole rings is 1. The molecule has 0 saturated carbocycles. The van der Waals surface area contributed by atoms with Gasteiger partial charge in [-0.1, -0.05) is 55.5 Å². The Morgan fingerprint density at radius 3 is 1.67 bits per heavy atom. The molecular weight excluding hydrogens is 540 g/mol. The van der Waals surface area contributed by atoms with Crippen LogP contribution >= 0.6 is 11.3 Å². The maximum Gasteiger partial charge on any atom is 0.229 e. The second-order valence-corrected chi connectivity index (χ2v) is 10.6. The number of nitrogens with one attached hydrogen (secondary N) is 1. The predicted octanol–water partition coefficient (Wildman–Crippen LogP) is 11.9. The van der Waals surface area contributed by atoms with E-state index in [0.29, 0.717) is 16.9 Å². The maximum absolute atomic E-state index is 4.68. The van der Waals surface area contributed by atoms with Gasteiger partial charge in [0, 0.05) is 44.9 Å². The molecule has 1 atom stereocenters. The van der Waals surface area contributed by atoms with Gasteiger partial charge in [-0.2, -0.15) is 5.11 Å². The second-order valence-electron chi connectivity index (χ2n) is 9.71. The molecule has 0 amide bonds. The summed E-state index contributed by atoms with van der Waals surface area (Å²) in [6.07, 6.45) is 2.75. The summed E-state index contributed by atoms with van der Waals surface area (Å²) in [6, 6.07) is 32.1. The van der Waals surface area contributed by atoms with Gasteiger partial charge in [-0.3, -0.25) is 0 Å². The Kier molecular flexibility index (Phi) is 8.09. The highest BCUT2D eigenvalue weighted by Crippen LogP contribution is 2.37. The largest absolute Gasteiger partial charge is 0.382 e.